The Morgan fingerprint density at radius 2 is 1.94 bits per heavy atom. The maximum absolute atomic E-state index is 14.2. The third kappa shape index (κ3) is 4.82. The molecular weight excluding hydrogens is 481 g/mol. The Hall–Kier alpha value is -3.63. The van der Waals surface area contributed by atoms with E-state index in [4.69, 9.17) is 16.3 Å². The molecule has 0 spiro atoms. The molecule has 3 heterocycles. The highest BCUT2D eigenvalue weighted by Crippen LogP contribution is 2.31. The summed E-state index contributed by atoms with van der Waals surface area (Å²) in [4.78, 5) is 34.7. The van der Waals surface area contributed by atoms with Crippen LogP contribution in [0, 0.1) is 19.7 Å². The summed E-state index contributed by atoms with van der Waals surface area (Å²) in [6, 6.07) is 11.0. The molecule has 8 nitrogen and oxygen atoms in total. The maximum atomic E-state index is 14.2. The monoisotopic (exact) mass is 499 g/mol. The molecule has 0 saturated carbocycles. The molecule has 0 atom stereocenters. The molecule has 0 unspecified atom stereocenters. The number of carbonyl (C=O) groups excluding carboxylic acids is 2. The lowest BCUT2D eigenvalue weighted by atomic mass is 10.3. The minimum Gasteiger partial charge on any atom is -0.454 e. The number of carbonyl (C=O) groups is 2. The maximum Gasteiger partial charge on any atom is 0.358 e. The molecule has 1 aromatic carbocycles. The quantitative estimate of drug-likeness (QED) is 0.340. The highest BCUT2D eigenvalue weighted by molar-refractivity contribution is 7.14. The second-order valence-corrected chi connectivity index (χ2v) is 8.59. The van der Waals surface area contributed by atoms with Crippen LogP contribution < -0.4 is 4.90 Å². The molecule has 0 fully saturated rings. The average Bonchev–Trinajstić information content (AvgIpc) is 3.39. The first-order chi connectivity index (χ1) is 16.2. The van der Waals surface area contributed by atoms with Crippen LogP contribution in [0.15, 0.2) is 47.8 Å². The lowest BCUT2D eigenvalue weighted by molar-refractivity contribution is -0.115. The van der Waals surface area contributed by atoms with Crippen LogP contribution in [0.3, 0.4) is 0 Å². The molecule has 4 aromatic rings. The van der Waals surface area contributed by atoms with Crippen molar-refractivity contribution in [1.29, 1.82) is 0 Å². The first kappa shape index (κ1) is 23.5. The van der Waals surface area contributed by atoms with Crippen LogP contribution in [-0.4, -0.2) is 31.6 Å². The molecule has 3 aromatic heterocycles. The predicted molar refractivity (Wildman–Crippen MR) is 126 cm³/mol. The van der Waals surface area contributed by atoms with Gasteiger partial charge in [-0.1, -0.05) is 23.7 Å². The van der Waals surface area contributed by atoms with Crippen molar-refractivity contribution >= 4 is 45.6 Å². The van der Waals surface area contributed by atoms with Crippen molar-refractivity contribution in [1.82, 2.24) is 19.7 Å². The van der Waals surface area contributed by atoms with Gasteiger partial charge in [-0.25, -0.2) is 23.8 Å². The first-order valence-corrected chi connectivity index (χ1v) is 11.4. The Morgan fingerprint density at radius 1 is 1.18 bits per heavy atom. The summed E-state index contributed by atoms with van der Waals surface area (Å²) in [5, 5.41) is 6.38. The summed E-state index contributed by atoms with van der Waals surface area (Å²) >= 11 is 7.31. The third-order valence-corrected chi connectivity index (χ3v) is 5.92. The summed E-state index contributed by atoms with van der Waals surface area (Å²) in [5.74, 6) is -1.26. The van der Waals surface area contributed by atoms with E-state index in [1.165, 1.54) is 30.0 Å². The van der Waals surface area contributed by atoms with Gasteiger partial charge in [-0.05, 0) is 44.2 Å². The van der Waals surface area contributed by atoms with Crippen molar-refractivity contribution in [2.24, 2.45) is 0 Å². The second-order valence-electron chi connectivity index (χ2n) is 7.34. The number of thiazole rings is 1. The van der Waals surface area contributed by atoms with E-state index in [2.05, 4.69) is 15.1 Å². The standard InChI is InChI=1S/C23H19ClFN5O3S/c1-13-10-14(2)30(28-13)20-9-8-17(24)21(27-20)22(32)33-11-16-12-34-23(26-16)29(15(3)31)19-7-5-4-6-18(19)25/h4-10,12H,11H2,1-3H3. The number of para-hydroxylation sites is 1. The summed E-state index contributed by atoms with van der Waals surface area (Å²) < 4.78 is 21.2. The van der Waals surface area contributed by atoms with Crippen molar-refractivity contribution in [3.05, 3.63) is 81.5 Å². The van der Waals surface area contributed by atoms with Crippen LogP contribution in [0.25, 0.3) is 5.82 Å². The number of nitrogens with zero attached hydrogens (tertiary/aromatic N) is 5. The van der Waals surface area contributed by atoms with Crippen molar-refractivity contribution in [3.8, 4) is 5.82 Å². The fourth-order valence-corrected chi connectivity index (χ4v) is 4.31. The van der Waals surface area contributed by atoms with Gasteiger partial charge in [-0.3, -0.25) is 9.69 Å². The number of aromatic nitrogens is 4. The zero-order valence-electron chi connectivity index (χ0n) is 18.5. The van der Waals surface area contributed by atoms with E-state index >= 15 is 0 Å². The van der Waals surface area contributed by atoms with Gasteiger partial charge in [0.25, 0.3) is 0 Å². The van der Waals surface area contributed by atoms with Gasteiger partial charge in [0.2, 0.25) is 5.91 Å². The Labute approximate surface area is 203 Å². The molecule has 0 N–H and O–H groups in total. The van der Waals surface area contributed by atoms with Crippen LogP contribution in [0.1, 0.15) is 34.5 Å². The highest BCUT2D eigenvalue weighted by atomic mass is 35.5. The van der Waals surface area contributed by atoms with Crippen LogP contribution in [0.2, 0.25) is 5.02 Å². The van der Waals surface area contributed by atoms with E-state index in [1.54, 1.807) is 28.3 Å². The molecular formula is C23H19ClFN5O3S. The SMILES string of the molecule is CC(=O)N(c1nc(COC(=O)c2nc(-n3nc(C)cc3C)ccc2Cl)cs1)c1ccccc1F. The van der Waals surface area contributed by atoms with Crippen LogP contribution in [-0.2, 0) is 16.1 Å². The Morgan fingerprint density at radius 3 is 2.62 bits per heavy atom. The number of ether oxygens (including phenoxy) is 1. The summed E-state index contributed by atoms with van der Waals surface area (Å²) in [7, 11) is 0. The largest absolute Gasteiger partial charge is 0.454 e. The van der Waals surface area contributed by atoms with Gasteiger partial charge in [0, 0.05) is 18.0 Å². The molecule has 0 radical (unpaired) electrons. The van der Waals surface area contributed by atoms with Crippen LogP contribution >= 0.6 is 22.9 Å². The van der Waals surface area contributed by atoms with Crippen LogP contribution in [0.5, 0.6) is 0 Å². The minimum atomic E-state index is -0.736. The molecule has 174 valence electrons. The average molecular weight is 500 g/mol. The normalized spacial score (nSPS) is 10.9. The third-order valence-electron chi connectivity index (χ3n) is 4.74. The van der Waals surface area contributed by atoms with E-state index in [1.807, 2.05) is 19.9 Å². The predicted octanol–water partition coefficient (Wildman–Crippen LogP) is 5.17. The van der Waals surface area contributed by atoms with Crippen molar-refractivity contribution in [3.63, 3.8) is 0 Å². The summed E-state index contributed by atoms with van der Waals surface area (Å²) in [5.41, 5.74) is 2.09. The van der Waals surface area contributed by atoms with Crippen LogP contribution in [0.4, 0.5) is 15.2 Å². The van der Waals surface area contributed by atoms with Gasteiger partial charge in [0.1, 0.15) is 12.4 Å². The second kappa shape index (κ2) is 9.70. The smallest absolute Gasteiger partial charge is 0.358 e. The van der Waals surface area contributed by atoms with Gasteiger partial charge in [0.15, 0.2) is 16.6 Å². The fourth-order valence-electron chi connectivity index (χ4n) is 3.27. The molecule has 0 aliphatic rings. The molecule has 0 aliphatic carbocycles. The molecule has 34 heavy (non-hydrogen) atoms. The molecule has 0 aliphatic heterocycles. The number of halogens is 2. The summed E-state index contributed by atoms with van der Waals surface area (Å²) in [6.07, 6.45) is 0. The number of aryl methyl sites for hydroxylation is 2. The molecule has 0 saturated heterocycles. The Bertz CT molecular complexity index is 1390. The number of hydrogen-bond acceptors (Lipinski definition) is 7. The van der Waals surface area contributed by atoms with Crippen molar-refractivity contribution < 1.29 is 18.7 Å². The fraction of sp³-hybridized carbons (Fsp3) is 0.174. The number of hydrogen-bond donors (Lipinski definition) is 0. The van der Waals surface area contributed by atoms with E-state index in [0.29, 0.717) is 11.5 Å². The Kier molecular flexibility index (Phi) is 6.71. The first-order valence-electron chi connectivity index (χ1n) is 10.1. The number of pyridine rings is 1. The number of rotatable bonds is 6. The summed E-state index contributed by atoms with van der Waals surface area (Å²) in [6.45, 7) is 4.87. The Balaban J connectivity index is 1.51. The molecule has 1 amide bonds. The van der Waals surface area contributed by atoms with Crippen molar-refractivity contribution in [2.75, 3.05) is 4.90 Å². The van der Waals surface area contributed by atoms with Gasteiger partial charge < -0.3 is 4.74 Å². The number of amides is 1. The number of anilines is 2. The molecule has 0 bridgehead atoms. The molecule has 11 heteroatoms. The lowest BCUT2D eigenvalue weighted by Gasteiger charge is -2.18. The number of esters is 1. The number of benzene rings is 1. The zero-order chi connectivity index (χ0) is 24.4. The zero-order valence-corrected chi connectivity index (χ0v) is 20.0. The minimum absolute atomic E-state index is 0.0566. The lowest BCUT2D eigenvalue weighted by Crippen LogP contribution is -2.23. The van der Waals surface area contributed by atoms with Gasteiger partial charge in [0.05, 0.1) is 22.1 Å². The van der Waals surface area contributed by atoms with E-state index in [9.17, 15) is 14.0 Å². The van der Waals surface area contributed by atoms with Gasteiger partial charge in [-0.2, -0.15) is 5.10 Å². The topological polar surface area (TPSA) is 90.2 Å². The van der Waals surface area contributed by atoms with Gasteiger partial charge in [-0.15, -0.1) is 11.3 Å². The highest BCUT2D eigenvalue weighted by Gasteiger charge is 2.22. The van der Waals surface area contributed by atoms with E-state index in [0.717, 1.165) is 22.7 Å². The van der Waals surface area contributed by atoms with E-state index < -0.39 is 17.7 Å². The van der Waals surface area contributed by atoms with Gasteiger partial charge >= 0.3 is 5.97 Å². The molecule has 4 rings (SSSR count). The van der Waals surface area contributed by atoms with E-state index in [-0.39, 0.29) is 28.1 Å². The van der Waals surface area contributed by atoms with Crippen molar-refractivity contribution in [2.45, 2.75) is 27.4 Å².